The van der Waals surface area contributed by atoms with Crippen molar-refractivity contribution in [1.82, 2.24) is 20.1 Å². The molecule has 41 heavy (non-hydrogen) atoms. The van der Waals surface area contributed by atoms with Gasteiger partial charge < -0.3 is 35.6 Å². The van der Waals surface area contributed by atoms with Crippen LogP contribution < -0.4 is 21.1 Å². The van der Waals surface area contributed by atoms with Crippen molar-refractivity contribution in [3.63, 3.8) is 0 Å². The molecule has 4 heterocycles. The maximum atomic E-state index is 14.5. The van der Waals surface area contributed by atoms with Crippen molar-refractivity contribution in [2.75, 3.05) is 25.5 Å². The van der Waals surface area contributed by atoms with Crippen LogP contribution in [0.4, 0.5) is 10.6 Å². The van der Waals surface area contributed by atoms with Crippen LogP contribution in [0.1, 0.15) is 52.9 Å². The third kappa shape index (κ3) is 5.06. The molecular formula is C28H38N6O7. The Bertz CT molecular complexity index is 1260. The highest BCUT2D eigenvalue weighted by atomic mass is 16.5. The van der Waals surface area contributed by atoms with E-state index in [9.17, 15) is 24.0 Å². The van der Waals surface area contributed by atoms with E-state index in [-0.39, 0.29) is 30.6 Å². The van der Waals surface area contributed by atoms with Crippen molar-refractivity contribution in [2.45, 2.75) is 76.6 Å². The summed E-state index contributed by atoms with van der Waals surface area (Å²) in [7, 11) is 1.22. The third-order valence-electron chi connectivity index (χ3n) is 8.90. The summed E-state index contributed by atoms with van der Waals surface area (Å²) in [6, 6.07) is 0.358. The first-order valence-electron chi connectivity index (χ1n) is 14.1. The number of nitrogens with two attached hydrogens (primary N) is 1. The highest BCUT2D eigenvalue weighted by molar-refractivity contribution is 6.03. The van der Waals surface area contributed by atoms with E-state index in [0.29, 0.717) is 12.3 Å². The number of hydrogen-bond acceptors (Lipinski definition) is 8. The van der Waals surface area contributed by atoms with Gasteiger partial charge in [-0.3, -0.25) is 19.2 Å². The molecule has 6 atom stereocenters. The monoisotopic (exact) mass is 570 g/mol. The first-order valence-corrected chi connectivity index (χ1v) is 14.1. The van der Waals surface area contributed by atoms with Gasteiger partial charge in [-0.25, -0.2) is 9.78 Å². The standard InChI is InChI=1S/C28H38N6O7/c1-27(2,3)20(31-26(39)40-4)24(37)33-13-15-8-5-6-9-16(15)19(33)23(36)34-14-28(12-17(34)21(29)35)25(38)32-22-18(41-28)10-7-11-30-22/h7,10-11,15-17,19-20H,5-6,8-9,12-14H2,1-4H3,(H2,29,35)(H,31,39)(H,30,32,38)/t15-,16-,17-,19-,20+,28+/m0/s1. The lowest BCUT2D eigenvalue weighted by molar-refractivity contribution is -0.150. The molecule has 0 radical (unpaired) electrons. The molecule has 0 bridgehead atoms. The number of carbonyl (C=O) groups is 5. The second kappa shape index (κ2) is 10.5. The first kappa shape index (κ1) is 28.6. The Labute approximate surface area is 238 Å². The van der Waals surface area contributed by atoms with Crippen molar-refractivity contribution >= 4 is 35.5 Å². The number of pyridine rings is 1. The molecule has 0 unspecified atom stereocenters. The molecule has 3 aliphatic heterocycles. The van der Waals surface area contributed by atoms with E-state index in [4.69, 9.17) is 15.2 Å². The fourth-order valence-corrected chi connectivity index (χ4v) is 6.82. The second-order valence-corrected chi connectivity index (χ2v) is 12.6. The zero-order valence-corrected chi connectivity index (χ0v) is 23.8. The number of fused-ring (bicyclic) bond motifs is 2. The smallest absolute Gasteiger partial charge is 0.407 e. The van der Waals surface area contributed by atoms with Crippen LogP contribution in [0.3, 0.4) is 0 Å². The zero-order valence-electron chi connectivity index (χ0n) is 23.8. The number of aromatic nitrogens is 1. The predicted molar refractivity (Wildman–Crippen MR) is 145 cm³/mol. The van der Waals surface area contributed by atoms with Crippen molar-refractivity contribution in [1.29, 1.82) is 0 Å². The fourth-order valence-electron chi connectivity index (χ4n) is 6.82. The average molecular weight is 571 g/mol. The van der Waals surface area contributed by atoms with Gasteiger partial charge in [0.15, 0.2) is 11.6 Å². The number of likely N-dealkylation sites (tertiary alicyclic amines) is 2. The average Bonchev–Trinajstić information content (AvgIpc) is 3.51. The van der Waals surface area contributed by atoms with E-state index >= 15 is 0 Å². The number of rotatable bonds is 4. The highest BCUT2D eigenvalue weighted by Gasteiger charge is 2.60. The Balaban J connectivity index is 1.48. The normalized spacial score (nSPS) is 29.6. The molecule has 2 saturated heterocycles. The molecule has 4 aliphatic rings. The van der Waals surface area contributed by atoms with Crippen LogP contribution in [-0.4, -0.2) is 88.4 Å². The molecule has 1 aromatic heterocycles. The lowest BCUT2D eigenvalue weighted by atomic mass is 9.78. The predicted octanol–water partition coefficient (Wildman–Crippen LogP) is 1.03. The third-order valence-corrected chi connectivity index (χ3v) is 8.90. The number of alkyl carbamates (subject to hydrolysis) is 1. The van der Waals surface area contributed by atoms with Gasteiger partial charge in [0.25, 0.3) is 5.91 Å². The Morgan fingerprint density at radius 3 is 2.63 bits per heavy atom. The summed E-state index contributed by atoms with van der Waals surface area (Å²) in [5.74, 6) is -1.58. The second-order valence-electron chi connectivity index (χ2n) is 12.6. The van der Waals surface area contributed by atoms with Gasteiger partial charge in [-0.05, 0) is 42.2 Å². The Morgan fingerprint density at radius 2 is 1.95 bits per heavy atom. The van der Waals surface area contributed by atoms with E-state index in [0.717, 1.165) is 25.7 Å². The van der Waals surface area contributed by atoms with Crippen molar-refractivity contribution in [2.24, 2.45) is 23.0 Å². The van der Waals surface area contributed by atoms with Gasteiger partial charge in [-0.1, -0.05) is 33.6 Å². The minimum Gasteiger partial charge on any atom is -0.472 e. The Kier molecular flexibility index (Phi) is 7.33. The van der Waals surface area contributed by atoms with Gasteiger partial charge in [-0.15, -0.1) is 0 Å². The van der Waals surface area contributed by atoms with Crippen LogP contribution in [0.25, 0.3) is 0 Å². The zero-order chi connectivity index (χ0) is 29.7. The molecule has 13 heteroatoms. The van der Waals surface area contributed by atoms with E-state index < -0.39 is 58.9 Å². The molecule has 1 aliphatic carbocycles. The largest absolute Gasteiger partial charge is 0.472 e. The summed E-state index contributed by atoms with van der Waals surface area (Å²) in [4.78, 5) is 73.7. The summed E-state index contributed by atoms with van der Waals surface area (Å²) in [5.41, 5.74) is 3.56. The molecule has 0 aromatic carbocycles. The minimum atomic E-state index is -1.54. The Morgan fingerprint density at radius 1 is 1.22 bits per heavy atom. The van der Waals surface area contributed by atoms with Crippen LogP contribution >= 0.6 is 0 Å². The first-order chi connectivity index (χ1) is 19.4. The van der Waals surface area contributed by atoms with Crippen molar-refractivity contribution in [3.8, 4) is 5.75 Å². The number of carbonyl (C=O) groups excluding carboxylic acids is 5. The number of primary amides is 1. The van der Waals surface area contributed by atoms with Gasteiger partial charge >= 0.3 is 6.09 Å². The van der Waals surface area contributed by atoms with E-state index in [1.807, 2.05) is 20.8 Å². The number of hydrogen-bond donors (Lipinski definition) is 3. The van der Waals surface area contributed by atoms with Crippen LogP contribution in [-0.2, 0) is 23.9 Å². The summed E-state index contributed by atoms with van der Waals surface area (Å²) >= 11 is 0. The van der Waals surface area contributed by atoms with E-state index in [2.05, 4.69) is 15.6 Å². The number of anilines is 1. The number of nitrogens with one attached hydrogen (secondary N) is 2. The van der Waals surface area contributed by atoms with Crippen molar-refractivity contribution in [3.05, 3.63) is 18.3 Å². The summed E-state index contributed by atoms with van der Waals surface area (Å²) in [6.07, 6.45) is 4.15. The lowest BCUT2D eigenvalue weighted by Crippen LogP contribution is -2.60. The molecular weight excluding hydrogens is 532 g/mol. The van der Waals surface area contributed by atoms with Gasteiger partial charge in [0.2, 0.25) is 23.3 Å². The fraction of sp³-hybridized carbons (Fsp3) is 0.643. The molecule has 222 valence electrons. The molecule has 13 nitrogen and oxygen atoms in total. The van der Waals surface area contributed by atoms with Gasteiger partial charge in [0, 0.05) is 19.2 Å². The van der Waals surface area contributed by atoms with Crippen LogP contribution in [0.15, 0.2) is 18.3 Å². The summed E-state index contributed by atoms with van der Waals surface area (Å²) in [6.45, 7) is 5.61. The number of ether oxygens (including phenoxy) is 2. The molecule has 5 amide bonds. The van der Waals surface area contributed by atoms with Crippen molar-refractivity contribution < 1.29 is 33.4 Å². The summed E-state index contributed by atoms with van der Waals surface area (Å²) in [5, 5.41) is 5.38. The van der Waals surface area contributed by atoms with Gasteiger partial charge in [0.05, 0.1) is 13.7 Å². The highest BCUT2D eigenvalue weighted by Crippen LogP contribution is 2.44. The van der Waals surface area contributed by atoms with E-state index in [1.165, 1.54) is 18.2 Å². The van der Waals surface area contributed by atoms with Gasteiger partial charge in [-0.2, -0.15) is 0 Å². The molecule has 1 spiro atoms. The number of nitrogens with zero attached hydrogens (tertiary/aromatic N) is 3. The maximum absolute atomic E-state index is 14.5. The molecule has 1 aromatic rings. The lowest BCUT2D eigenvalue weighted by Gasteiger charge is -2.38. The molecule has 5 rings (SSSR count). The van der Waals surface area contributed by atoms with Gasteiger partial charge in [0.1, 0.15) is 18.1 Å². The molecule has 4 N–H and O–H groups in total. The summed E-state index contributed by atoms with van der Waals surface area (Å²) < 4.78 is 10.9. The van der Waals surface area contributed by atoms with Crippen LogP contribution in [0.2, 0.25) is 0 Å². The van der Waals surface area contributed by atoms with Crippen LogP contribution in [0, 0.1) is 17.3 Å². The molecule has 3 fully saturated rings. The van der Waals surface area contributed by atoms with E-state index in [1.54, 1.807) is 17.0 Å². The number of methoxy groups -OCH3 is 1. The maximum Gasteiger partial charge on any atom is 0.407 e. The SMILES string of the molecule is COC(=O)N[C@H](C(=O)N1C[C@@H]2CCCC[C@@H]2[C@H]1C(=O)N1C[C@@]2(C[C@H]1C(N)=O)Oc1cccnc1NC2=O)C(C)(C)C. The quantitative estimate of drug-likeness (QED) is 0.481. The minimum absolute atomic E-state index is 0.0937. The Hall–Kier alpha value is -3.90. The number of amides is 5. The molecule has 1 saturated carbocycles. The van der Waals surface area contributed by atoms with Crippen LogP contribution in [0.5, 0.6) is 5.75 Å². The topological polar surface area (TPSA) is 173 Å².